The Bertz CT molecular complexity index is 166. The molecule has 0 rings (SSSR count). The summed E-state index contributed by atoms with van der Waals surface area (Å²) >= 11 is 0. The first-order valence-electron chi connectivity index (χ1n) is 4.50. The third kappa shape index (κ3) is 13.6. The fraction of sp³-hybridized carbons (Fsp3) is 0.700. The maximum Gasteiger partial charge on any atom is 2.00 e. The molecule has 5 heteroatoms. The van der Waals surface area contributed by atoms with Gasteiger partial charge in [0.1, 0.15) is 0 Å². The van der Waals surface area contributed by atoms with Crippen LogP contribution in [0.3, 0.4) is 0 Å². The number of amides is 1. The van der Waals surface area contributed by atoms with Crippen LogP contribution in [0.15, 0.2) is 0 Å². The number of nitrogens with one attached hydrogen (secondary N) is 2. The van der Waals surface area contributed by atoms with Crippen molar-refractivity contribution in [2.75, 3.05) is 13.6 Å². The third-order valence-electron chi connectivity index (χ3n) is 1.69. The van der Waals surface area contributed by atoms with Gasteiger partial charge in [0.25, 0.3) is 0 Å². The van der Waals surface area contributed by atoms with Crippen molar-refractivity contribution in [1.82, 2.24) is 10.6 Å². The van der Waals surface area contributed by atoms with Crippen LogP contribution in [0.25, 0.3) is 0 Å². The van der Waals surface area contributed by atoms with E-state index in [4.69, 9.17) is 0 Å². The van der Waals surface area contributed by atoms with Crippen LogP contribution in [0.5, 0.6) is 0 Å². The van der Waals surface area contributed by atoms with Gasteiger partial charge < -0.3 is 22.9 Å². The Morgan fingerprint density at radius 1 is 1.40 bits per heavy atom. The van der Waals surface area contributed by atoms with E-state index in [-0.39, 0.29) is 30.4 Å². The van der Waals surface area contributed by atoms with E-state index in [9.17, 15) is 9.59 Å². The first-order chi connectivity index (χ1) is 6.20. The predicted molar refractivity (Wildman–Crippen MR) is 57.5 cm³/mol. The zero-order chi connectivity index (χ0) is 10.1. The molecule has 0 fully saturated rings. The number of carbonyl (C=O) groups excluding carboxylic acids is 2. The summed E-state index contributed by atoms with van der Waals surface area (Å²) in [5.74, 6) is -0.179. The maximum atomic E-state index is 10.6. The number of hydrogen-bond donors (Lipinski definition) is 2. The molecule has 0 aromatic heterocycles. The Hall–Kier alpha value is -0.381. The van der Waals surface area contributed by atoms with Crippen LogP contribution in [-0.4, -0.2) is 31.8 Å². The molecule has 4 nitrogen and oxygen atoms in total. The van der Waals surface area contributed by atoms with Crippen molar-refractivity contribution >= 4 is 12.2 Å². The number of rotatable bonds is 7. The fourth-order valence-electron chi connectivity index (χ4n) is 1.06. The molecule has 1 amide bonds. The van der Waals surface area contributed by atoms with Gasteiger partial charge in [-0.1, -0.05) is 18.9 Å². The molecule has 1 unspecified atom stereocenters. The molecular formula is C10H20MnN2O2. The summed E-state index contributed by atoms with van der Waals surface area (Å²) < 4.78 is 0. The van der Waals surface area contributed by atoms with Crippen LogP contribution in [0.4, 0.5) is 0 Å². The summed E-state index contributed by atoms with van der Waals surface area (Å²) in [6, 6.07) is -0.436. The van der Waals surface area contributed by atoms with Gasteiger partial charge in [0, 0.05) is 6.92 Å². The molecule has 0 saturated heterocycles. The molecule has 0 bridgehead atoms. The molecule has 0 aliphatic heterocycles. The molecule has 0 aliphatic rings. The summed E-state index contributed by atoms with van der Waals surface area (Å²) in [6.07, 6.45) is 4.41. The van der Waals surface area contributed by atoms with Crippen LogP contribution in [0, 0.1) is 7.43 Å². The van der Waals surface area contributed by atoms with Crippen molar-refractivity contribution in [2.45, 2.75) is 32.2 Å². The van der Waals surface area contributed by atoms with Gasteiger partial charge in [0.2, 0.25) is 5.91 Å². The van der Waals surface area contributed by atoms with Gasteiger partial charge in [-0.25, -0.2) is 6.29 Å². The predicted octanol–water partition coefficient (Wildman–Crippen LogP) is 0.438. The van der Waals surface area contributed by atoms with Gasteiger partial charge in [0.05, 0.1) is 0 Å². The van der Waals surface area contributed by atoms with E-state index >= 15 is 0 Å². The third-order valence-corrected chi connectivity index (χ3v) is 1.69. The first-order valence-corrected chi connectivity index (χ1v) is 4.50. The van der Waals surface area contributed by atoms with E-state index in [2.05, 4.69) is 10.6 Å². The molecular weight excluding hydrogens is 235 g/mol. The van der Waals surface area contributed by atoms with Gasteiger partial charge in [-0.15, -0.1) is 0 Å². The molecule has 1 radical (unpaired) electrons. The van der Waals surface area contributed by atoms with E-state index in [0.717, 1.165) is 19.4 Å². The summed E-state index contributed by atoms with van der Waals surface area (Å²) in [6.45, 7) is 2.34. The van der Waals surface area contributed by atoms with Gasteiger partial charge in [0.15, 0.2) is 0 Å². The molecule has 0 aromatic rings. The van der Waals surface area contributed by atoms with Crippen molar-refractivity contribution in [3.05, 3.63) is 7.43 Å². The Kier molecular flexibility index (Phi) is 18.2. The van der Waals surface area contributed by atoms with Crippen LogP contribution in [0.2, 0.25) is 0 Å². The second kappa shape index (κ2) is 13.6. The zero-order valence-electron chi connectivity index (χ0n) is 9.60. The Morgan fingerprint density at radius 3 is 2.40 bits per heavy atom. The maximum absolute atomic E-state index is 10.6. The van der Waals surface area contributed by atoms with E-state index in [1.165, 1.54) is 6.92 Å². The Labute approximate surface area is 103 Å². The Balaban J connectivity index is -0.000000720. The van der Waals surface area contributed by atoms with E-state index in [1.54, 1.807) is 0 Å². The van der Waals surface area contributed by atoms with Crippen LogP contribution in [-0.2, 0) is 26.7 Å². The topological polar surface area (TPSA) is 58.2 Å². The first kappa shape index (κ1) is 20.1. The zero-order valence-corrected chi connectivity index (χ0v) is 10.8. The molecule has 15 heavy (non-hydrogen) atoms. The molecule has 0 saturated carbocycles. The second-order valence-corrected chi connectivity index (χ2v) is 2.97. The van der Waals surface area contributed by atoms with Gasteiger partial charge in [-0.3, -0.25) is 4.79 Å². The van der Waals surface area contributed by atoms with E-state index < -0.39 is 6.04 Å². The van der Waals surface area contributed by atoms with Crippen LogP contribution >= 0.6 is 0 Å². The minimum absolute atomic E-state index is 0. The molecule has 2 N–H and O–H groups in total. The van der Waals surface area contributed by atoms with Crippen molar-refractivity contribution in [2.24, 2.45) is 0 Å². The molecule has 0 spiro atoms. The smallest absolute Gasteiger partial charge is 0.540 e. The molecule has 1 atom stereocenters. The minimum atomic E-state index is -0.436. The number of carbonyl (C=O) groups is 1. The molecule has 89 valence electrons. The van der Waals surface area contributed by atoms with Gasteiger partial charge >= 0.3 is 17.1 Å². The largest absolute Gasteiger partial charge is 2.00 e. The van der Waals surface area contributed by atoms with Crippen molar-refractivity contribution in [3.8, 4) is 0 Å². The fourth-order valence-corrected chi connectivity index (χ4v) is 1.06. The summed E-state index contributed by atoms with van der Waals surface area (Å²) in [4.78, 5) is 20.9. The van der Waals surface area contributed by atoms with Gasteiger partial charge in [-0.05, 0) is 20.0 Å². The van der Waals surface area contributed by atoms with Crippen molar-refractivity contribution in [3.63, 3.8) is 0 Å². The minimum Gasteiger partial charge on any atom is -0.540 e. The molecule has 0 heterocycles. The van der Waals surface area contributed by atoms with Crippen LogP contribution in [0.1, 0.15) is 26.2 Å². The normalized spacial score (nSPS) is 10.5. The average Bonchev–Trinajstić information content (AvgIpc) is 2.09. The number of unbranched alkanes of at least 4 members (excludes halogenated alkanes) is 1. The second-order valence-electron chi connectivity index (χ2n) is 2.97. The monoisotopic (exact) mass is 255 g/mol. The number of hydrogen-bond acceptors (Lipinski definition) is 3. The Morgan fingerprint density at radius 2 is 2.00 bits per heavy atom. The van der Waals surface area contributed by atoms with Crippen molar-refractivity contribution in [1.29, 1.82) is 0 Å². The van der Waals surface area contributed by atoms with Crippen LogP contribution < -0.4 is 10.6 Å². The van der Waals surface area contributed by atoms with Crippen molar-refractivity contribution < 1.29 is 26.7 Å². The summed E-state index contributed by atoms with van der Waals surface area (Å²) in [5.41, 5.74) is 0. The van der Waals surface area contributed by atoms with E-state index in [0.29, 0.717) is 6.42 Å². The molecule has 0 aromatic carbocycles. The summed E-state index contributed by atoms with van der Waals surface area (Å²) in [7, 11) is 1.89. The standard InChI is InChI=1S/C9H17N2O2.CH3.Mn/c1-8(13)11-9(7-12)5-3-4-6-10-2;;/h9-10H,3-6H2,1-2H3,(H,11,13);1H3;/q2*-1;+2. The average molecular weight is 255 g/mol. The van der Waals surface area contributed by atoms with Gasteiger partial charge in [-0.2, -0.15) is 0 Å². The quantitative estimate of drug-likeness (QED) is 0.394. The summed E-state index contributed by atoms with van der Waals surface area (Å²) in [5, 5.41) is 5.54. The SMILES string of the molecule is CNCCCCC([C-]=O)NC(C)=O.[CH3-].[Mn+2]. The van der Waals surface area contributed by atoms with E-state index in [1.807, 2.05) is 13.3 Å². The molecule has 0 aliphatic carbocycles.